The first kappa shape index (κ1) is 25.2. The van der Waals surface area contributed by atoms with Gasteiger partial charge in [-0.25, -0.2) is 4.39 Å². The Morgan fingerprint density at radius 2 is 1.78 bits per heavy atom. The number of carbonyl (C=O) groups excluding carboxylic acids is 1. The molecule has 3 aromatic carbocycles. The molecular weight excluding hydrogens is 475 g/mol. The first-order valence-electron chi connectivity index (χ1n) is 11.5. The van der Waals surface area contributed by atoms with Crippen molar-refractivity contribution in [3.63, 3.8) is 0 Å². The zero-order chi connectivity index (χ0) is 25.3. The summed E-state index contributed by atoms with van der Waals surface area (Å²) in [4.78, 5) is 12.9. The summed E-state index contributed by atoms with van der Waals surface area (Å²) in [6.45, 7) is 0. The maximum Gasteiger partial charge on any atom is 0.244 e. The number of methoxy groups -OCH3 is 1. The van der Waals surface area contributed by atoms with Crippen LogP contribution in [-0.4, -0.2) is 27.8 Å². The highest BCUT2D eigenvalue weighted by Crippen LogP contribution is 2.25. The monoisotopic (exact) mass is 502 g/mol. The lowest BCUT2D eigenvalue weighted by Gasteiger charge is -2.18. The molecule has 0 saturated heterocycles. The molecular formula is C28H27FN4O2S. The summed E-state index contributed by atoms with van der Waals surface area (Å²) < 4.78 is 21.1. The van der Waals surface area contributed by atoms with Gasteiger partial charge in [-0.2, -0.15) is 0 Å². The number of nitrogens with one attached hydrogen (secondary N) is 1. The van der Waals surface area contributed by atoms with Crippen molar-refractivity contribution >= 4 is 23.7 Å². The van der Waals surface area contributed by atoms with Crippen molar-refractivity contribution in [1.82, 2.24) is 20.1 Å². The standard InChI is InChI=1S/C28H27FN4O2S/c1-33-27(31-32-28(33)36-19-22-10-6-7-11-24(22)29)25(18-21-8-4-3-5-9-21)30-26(34)17-14-20-12-15-23(35-2)16-13-20/h3-17,25H,18-19H2,1-2H3,(H,30,34)/b17-14+/t25-/m0/s1. The van der Waals surface area contributed by atoms with Gasteiger partial charge in [0.25, 0.3) is 0 Å². The lowest BCUT2D eigenvalue weighted by atomic mass is 10.1. The fourth-order valence-electron chi connectivity index (χ4n) is 3.68. The number of amides is 1. The second kappa shape index (κ2) is 12.2. The third-order valence-corrected chi connectivity index (χ3v) is 6.71. The SMILES string of the molecule is COc1ccc(/C=C/C(=O)N[C@@H](Cc2ccccc2)c2nnc(SCc3ccccc3F)n2C)cc1. The number of hydrogen-bond acceptors (Lipinski definition) is 5. The lowest BCUT2D eigenvalue weighted by molar-refractivity contribution is -0.117. The number of aromatic nitrogens is 3. The minimum Gasteiger partial charge on any atom is -0.497 e. The summed E-state index contributed by atoms with van der Waals surface area (Å²) in [5, 5.41) is 12.4. The fraction of sp³-hybridized carbons (Fsp3) is 0.179. The molecule has 1 amide bonds. The van der Waals surface area contributed by atoms with E-state index in [4.69, 9.17) is 4.74 Å². The summed E-state index contributed by atoms with van der Waals surface area (Å²) in [5.41, 5.74) is 2.55. The van der Waals surface area contributed by atoms with Gasteiger partial charge in [-0.05, 0) is 47.4 Å². The highest BCUT2D eigenvalue weighted by molar-refractivity contribution is 7.98. The van der Waals surface area contributed by atoms with Gasteiger partial charge in [0.2, 0.25) is 5.91 Å². The summed E-state index contributed by atoms with van der Waals surface area (Å²) in [7, 11) is 3.47. The minimum atomic E-state index is -0.402. The Kier molecular flexibility index (Phi) is 8.52. The van der Waals surface area contributed by atoms with Crippen LogP contribution in [0.3, 0.4) is 0 Å². The molecule has 0 fully saturated rings. The average molecular weight is 503 g/mol. The molecule has 6 nitrogen and oxygen atoms in total. The molecule has 0 unspecified atom stereocenters. The highest BCUT2D eigenvalue weighted by Gasteiger charge is 2.22. The second-order valence-electron chi connectivity index (χ2n) is 8.14. The minimum absolute atomic E-state index is 0.240. The van der Waals surface area contributed by atoms with Crippen LogP contribution in [0.25, 0.3) is 6.08 Å². The van der Waals surface area contributed by atoms with E-state index < -0.39 is 6.04 Å². The maximum atomic E-state index is 14.0. The van der Waals surface area contributed by atoms with E-state index in [0.717, 1.165) is 16.9 Å². The zero-order valence-electron chi connectivity index (χ0n) is 20.1. The summed E-state index contributed by atoms with van der Waals surface area (Å²) in [5.74, 6) is 1.33. The zero-order valence-corrected chi connectivity index (χ0v) is 20.9. The van der Waals surface area contributed by atoms with Gasteiger partial charge in [-0.15, -0.1) is 10.2 Å². The molecule has 4 aromatic rings. The van der Waals surface area contributed by atoms with Crippen molar-refractivity contribution in [2.75, 3.05) is 7.11 Å². The van der Waals surface area contributed by atoms with Crippen molar-refractivity contribution in [2.24, 2.45) is 7.05 Å². The molecule has 0 radical (unpaired) electrons. The maximum absolute atomic E-state index is 14.0. The quantitative estimate of drug-likeness (QED) is 0.233. The van der Waals surface area contributed by atoms with Gasteiger partial charge in [0.05, 0.1) is 13.2 Å². The first-order valence-corrected chi connectivity index (χ1v) is 12.4. The van der Waals surface area contributed by atoms with Crippen LogP contribution in [0.4, 0.5) is 4.39 Å². The van der Waals surface area contributed by atoms with E-state index in [1.807, 2.05) is 72.3 Å². The molecule has 1 N–H and O–H groups in total. The molecule has 184 valence electrons. The Bertz CT molecular complexity index is 1320. The van der Waals surface area contributed by atoms with E-state index in [-0.39, 0.29) is 11.7 Å². The second-order valence-corrected chi connectivity index (χ2v) is 9.08. The first-order chi connectivity index (χ1) is 17.5. The van der Waals surface area contributed by atoms with Crippen LogP contribution in [0.5, 0.6) is 5.75 Å². The van der Waals surface area contributed by atoms with Gasteiger partial charge in [-0.3, -0.25) is 4.79 Å². The van der Waals surface area contributed by atoms with Gasteiger partial charge in [0.15, 0.2) is 11.0 Å². The Hall–Kier alpha value is -3.91. The van der Waals surface area contributed by atoms with E-state index >= 15 is 0 Å². The third kappa shape index (κ3) is 6.60. The van der Waals surface area contributed by atoms with Crippen LogP contribution in [-0.2, 0) is 24.0 Å². The number of thioether (sulfide) groups is 1. The topological polar surface area (TPSA) is 69.0 Å². The fourth-order valence-corrected chi connectivity index (χ4v) is 4.58. The number of nitrogens with zero attached hydrogens (tertiary/aromatic N) is 3. The summed E-state index contributed by atoms with van der Waals surface area (Å²) in [6, 6.07) is 23.6. The van der Waals surface area contributed by atoms with Crippen LogP contribution < -0.4 is 10.1 Å². The van der Waals surface area contributed by atoms with Crippen molar-refractivity contribution in [2.45, 2.75) is 23.4 Å². The van der Waals surface area contributed by atoms with Crippen molar-refractivity contribution in [1.29, 1.82) is 0 Å². The van der Waals surface area contributed by atoms with Gasteiger partial charge < -0.3 is 14.6 Å². The van der Waals surface area contributed by atoms with Crippen LogP contribution in [0.1, 0.15) is 28.6 Å². The largest absolute Gasteiger partial charge is 0.497 e. The van der Waals surface area contributed by atoms with E-state index in [1.165, 1.54) is 23.9 Å². The van der Waals surface area contributed by atoms with Gasteiger partial charge in [0.1, 0.15) is 11.6 Å². The lowest BCUT2D eigenvalue weighted by Crippen LogP contribution is -2.30. The van der Waals surface area contributed by atoms with Crippen LogP contribution in [0, 0.1) is 5.82 Å². The molecule has 0 aliphatic heterocycles. The predicted molar refractivity (Wildman–Crippen MR) is 140 cm³/mol. The van der Waals surface area contributed by atoms with E-state index in [1.54, 1.807) is 25.3 Å². The number of halogens is 1. The molecule has 36 heavy (non-hydrogen) atoms. The van der Waals surface area contributed by atoms with Gasteiger partial charge in [-0.1, -0.05) is 72.4 Å². The van der Waals surface area contributed by atoms with E-state index in [2.05, 4.69) is 15.5 Å². The summed E-state index contributed by atoms with van der Waals surface area (Å²) >= 11 is 1.40. The highest BCUT2D eigenvalue weighted by atomic mass is 32.2. The Morgan fingerprint density at radius 3 is 2.50 bits per heavy atom. The van der Waals surface area contributed by atoms with Gasteiger partial charge in [0, 0.05) is 18.9 Å². The Balaban J connectivity index is 1.50. The Labute approximate surface area is 214 Å². The van der Waals surface area contributed by atoms with Crippen LogP contribution >= 0.6 is 11.8 Å². The number of hydrogen-bond donors (Lipinski definition) is 1. The van der Waals surface area contributed by atoms with Crippen molar-refractivity contribution in [3.05, 3.63) is 113 Å². The predicted octanol–water partition coefficient (Wildman–Crippen LogP) is 5.37. The molecule has 8 heteroatoms. The molecule has 0 spiro atoms. The van der Waals surface area contributed by atoms with Crippen molar-refractivity contribution in [3.8, 4) is 5.75 Å². The number of benzene rings is 3. The Morgan fingerprint density at radius 1 is 1.06 bits per heavy atom. The average Bonchev–Trinajstić information content (AvgIpc) is 3.27. The molecule has 4 rings (SSSR count). The molecule has 1 aromatic heterocycles. The molecule has 1 atom stereocenters. The van der Waals surface area contributed by atoms with Crippen LogP contribution in [0.2, 0.25) is 0 Å². The molecule has 0 saturated carbocycles. The molecule has 0 bridgehead atoms. The number of carbonyl (C=O) groups is 1. The van der Waals surface area contributed by atoms with E-state index in [9.17, 15) is 9.18 Å². The van der Waals surface area contributed by atoms with Gasteiger partial charge >= 0.3 is 0 Å². The summed E-state index contributed by atoms with van der Waals surface area (Å²) in [6.07, 6.45) is 3.80. The molecule has 0 aliphatic rings. The van der Waals surface area contributed by atoms with Crippen LogP contribution in [0.15, 0.2) is 90.1 Å². The molecule has 1 heterocycles. The third-order valence-electron chi connectivity index (χ3n) is 5.64. The number of ether oxygens (including phenoxy) is 1. The smallest absolute Gasteiger partial charge is 0.244 e. The number of rotatable bonds is 10. The van der Waals surface area contributed by atoms with Crippen molar-refractivity contribution < 1.29 is 13.9 Å². The van der Waals surface area contributed by atoms with E-state index in [0.29, 0.717) is 28.7 Å². The normalized spacial score (nSPS) is 12.0. The molecule has 0 aliphatic carbocycles.